The summed E-state index contributed by atoms with van der Waals surface area (Å²) in [5, 5.41) is 0.783. The van der Waals surface area contributed by atoms with Crippen LogP contribution < -0.4 is 0 Å². The quantitative estimate of drug-likeness (QED) is 0.711. The predicted octanol–water partition coefficient (Wildman–Crippen LogP) is 4.10. The van der Waals surface area contributed by atoms with Gasteiger partial charge in [-0.05, 0) is 31.8 Å². The molecule has 114 valence electrons. The number of hydrogen-bond acceptors (Lipinski definition) is 3. The number of likely N-dealkylation sites (N-methyl/N-ethyl adjacent to an activating group) is 1. The number of nitrogens with zero attached hydrogens (tertiary/aromatic N) is 3. The number of rotatable bonds is 5. The van der Waals surface area contributed by atoms with Crippen molar-refractivity contribution in [3.8, 4) is 11.4 Å². The van der Waals surface area contributed by atoms with E-state index in [2.05, 4.69) is 34.6 Å². The Morgan fingerprint density at radius 3 is 2.77 bits per heavy atom. The zero-order valence-corrected chi connectivity index (χ0v) is 13.4. The van der Waals surface area contributed by atoms with Crippen molar-refractivity contribution in [2.24, 2.45) is 0 Å². The second-order valence-electron chi connectivity index (χ2n) is 5.42. The number of imidazole rings is 1. The van der Waals surface area contributed by atoms with E-state index in [1.807, 2.05) is 36.7 Å². The monoisotopic (exact) mass is 315 g/mol. The van der Waals surface area contributed by atoms with E-state index in [1.54, 1.807) is 12.5 Å². The van der Waals surface area contributed by atoms with Crippen LogP contribution in [0, 0.1) is 0 Å². The Kier molecular flexibility index (Phi) is 4.32. The van der Waals surface area contributed by atoms with Gasteiger partial charge < -0.3 is 13.9 Å². The number of hydrogen-bond donors (Lipinski definition) is 0. The molecule has 0 bridgehead atoms. The molecule has 0 saturated heterocycles. The first-order chi connectivity index (χ1) is 10.7. The molecule has 0 fully saturated rings. The van der Waals surface area contributed by atoms with Crippen molar-refractivity contribution in [3.63, 3.8) is 0 Å². The lowest BCUT2D eigenvalue weighted by atomic mass is 10.1. The first kappa shape index (κ1) is 14.9. The summed E-state index contributed by atoms with van der Waals surface area (Å²) in [5.74, 6) is 0.896. The van der Waals surface area contributed by atoms with E-state index in [9.17, 15) is 0 Å². The molecule has 0 amide bonds. The molecule has 1 atom stereocenters. The molecule has 3 rings (SSSR count). The zero-order valence-electron chi connectivity index (χ0n) is 12.6. The van der Waals surface area contributed by atoms with Gasteiger partial charge in [-0.25, -0.2) is 4.98 Å². The SMILES string of the molecule is CN(C)C(Cn1ccnc1-c1ccoc1)c1ccccc1Cl. The molecule has 22 heavy (non-hydrogen) atoms. The van der Waals surface area contributed by atoms with Gasteiger partial charge in [-0.2, -0.15) is 0 Å². The molecule has 4 nitrogen and oxygen atoms in total. The molecule has 2 heterocycles. The highest BCUT2D eigenvalue weighted by molar-refractivity contribution is 6.31. The van der Waals surface area contributed by atoms with E-state index in [0.29, 0.717) is 0 Å². The third-order valence-corrected chi connectivity index (χ3v) is 4.10. The molecule has 5 heteroatoms. The van der Waals surface area contributed by atoms with Gasteiger partial charge in [0.1, 0.15) is 12.1 Å². The van der Waals surface area contributed by atoms with E-state index in [4.69, 9.17) is 16.0 Å². The molecule has 0 N–H and O–H groups in total. The lowest BCUT2D eigenvalue weighted by Crippen LogP contribution is -2.25. The standard InChI is InChI=1S/C17H18ClN3O/c1-20(2)16(14-5-3-4-6-15(14)18)11-21-9-8-19-17(21)13-7-10-22-12-13/h3-10,12,16H,11H2,1-2H3. The van der Waals surface area contributed by atoms with Crippen molar-refractivity contribution in [2.45, 2.75) is 12.6 Å². The van der Waals surface area contributed by atoms with Crippen molar-refractivity contribution < 1.29 is 4.42 Å². The first-order valence-corrected chi connectivity index (χ1v) is 7.49. The minimum absolute atomic E-state index is 0.161. The molecule has 0 spiro atoms. The second-order valence-corrected chi connectivity index (χ2v) is 5.82. The maximum atomic E-state index is 6.38. The van der Waals surface area contributed by atoms with Crippen LogP contribution in [0.15, 0.2) is 59.7 Å². The Morgan fingerprint density at radius 1 is 1.27 bits per heavy atom. The van der Waals surface area contributed by atoms with E-state index in [1.165, 1.54) is 0 Å². The smallest absolute Gasteiger partial charge is 0.143 e. The van der Waals surface area contributed by atoms with E-state index < -0.39 is 0 Å². The van der Waals surface area contributed by atoms with E-state index in [0.717, 1.165) is 28.5 Å². The summed E-state index contributed by atoms with van der Waals surface area (Å²) >= 11 is 6.38. The van der Waals surface area contributed by atoms with Crippen LogP contribution in [-0.2, 0) is 6.54 Å². The molecular weight excluding hydrogens is 298 g/mol. The Balaban J connectivity index is 1.93. The summed E-state index contributed by atoms with van der Waals surface area (Å²) in [5.41, 5.74) is 2.09. The fourth-order valence-corrected chi connectivity index (χ4v) is 2.84. The first-order valence-electron chi connectivity index (χ1n) is 7.11. The number of halogens is 1. The average molecular weight is 316 g/mol. The van der Waals surface area contributed by atoms with Crippen LogP contribution in [0.3, 0.4) is 0 Å². The van der Waals surface area contributed by atoms with Crippen LogP contribution in [0.1, 0.15) is 11.6 Å². The van der Waals surface area contributed by atoms with Gasteiger partial charge >= 0.3 is 0 Å². The number of benzene rings is 1. The molecular formula is C17H18ClN3O. The van der Waals surface area contributed by atoms with Crippen molar-refractivity contribution in [1.82, 2.24) is 14.5 Å². The van der Waals surface area contributed by atoms with Gasteiger partial charge in [0.2, 0.25) is 0 Å². The van der Waals surface area contributed by atoms with Gasteiger partial charge in [-0.15, -0.1) is 0 Å². The summed E-state index contributed by atoms with van der Waals surface area (Å²) in [6.07, 6.45) is 7.15. The maximum Gasteiger partial charge on any atom is 0.143 e. The predicted molar refractivity (Wildman–Crippen MR) is 87.8 cm³/mol. The van der Waals surface area contributed by atoms with Crippen LogP contribution in [0.4, 0.5) is 0 Å². The van der Waals surface area contributed by atoms with Gasteiger partial charge in [0.05, 0.1) is 17.9 Å². The molecule has 0 saturated carbocycles. The minimum Gasteiger partial charge on any atom is -0.472 e. The Morgan fingerprint density at radius 2 is 2.09 bits per heavy atom. The van der Waals surface area contributed by atoms with Gasteiger partial charge in [0.15, 0.2) is 0 Å². The van der Waals surface area contributed by atoms with Crippen molar-refractivity contribution in [3.05, 3.63) is 65.8 Å². The summed E-state index contributed by atoms with van der Waals surface area (Å²) in [7, 11) is 4.12. The van der Waals surface area contributed by atoms with Crippen LogP contribution in [-0.4, -0.2) is 28.5 Å². The van der Waals surface area contributed by atoms with Crippen molar-refractivity contribution in [1.29, 1.82) is 0 Å². The minimum atomic E-state index is 0.161. The Labute approximate surface area is 135 Å². The molecule has 0 aliphatic carbocycles. The van der Waals surface area contributed by atoms with E-state index in [-0.39, 0.29) is 6.04 Å². The maximum absolute atomic E-state index is 6.38. The summed E-state index contributed by atoms with van der Waals surface area (Å²) < 4.78 is 7.29. The molecule has 1 aromatic carbocycles. The summed E-state index contributed by atoms with van der Waals surface area (Å²) in [4.78, 5) is 6.61. The fraction of sp³-hybridized carbons (Fsp3) is 0.235. The highest BCUT2D eigenvalue weighted by Gasteiger charge is 2.19. The summed E-state index contributed by atoms with van der Waals surface area (Å²) in [6, 6.07) is 10.0. The van der Waals surface area contributed by atoms with Crippen molar-refractivity contribution >= 4 is 11.6 Å². The van der Waals surface area contributed by atoms with Crippen LogP contribution >= 0.6 is 11.6 Å². The highest BCUT2D eigenvalue weighted by Crippen LogP contribution is 2.29. The molecule has 2 aromatic heterocycles. The van der Waals surface area contributed by atoms with E-state index >= 15 is 0 Å². The second kappa shape index (κ2) is 6.38. The topological polar surface area (TPSA) is 34.2 Å². The molecule has 0 aliphatic rings. The number of furan rings is 1. The Bertz CT molecular complexity index is 734. The van der Waals surface area contributed by atoms with Crippen LogP contribution in [0.25, 0.3) is 11.4 Å². The van der Waals surface area contributed by atoms with Crippen LogP contribution in [0.5, 0.6) is 0 Å². The zero-order chi connectivity index (χ0) is 15.5. The molecule has 0 radical (unpaired) electrons. The molecule has 3 aromatic rings. The fourth-order valence-electron chi connectivity index (χ4n) is 2.58. The van der Waals surface area contributed by atoms with Gasteiger partial charge in [0.25, 0.3) is 0 Å². The van der Waals surface area contributed by atoms with Gasteiger partial charge in [-0.1, -0.05) is 29.8 Å². The third-order valence-electron chi connectivity index (χ3n) is 3.75. The average Bonchev–Trinajstić information content (AvgIpc) is 3.16. The van der Waals surface area contributed by atoms with Gasteiger partial charge in [0, 0.05) is 24.0 Å². The van der Waals surface area contributed by atoms with Gasteiger partial charge in [-0.3, -0.25) is 0 Å². The Hall–Kier alpha value is -2.04. The van der Waals surface area contributed by atoms with Crippen molar-refractivity contribution in [2.75, 3.05) is 14.1 Å². The largest absolute Gasteiger partial charge is 0.472 e. The number of aromatic nitrogens is 2. The molecule has 1 unspecified atom stereocenters. The highest BCUT2D eigenvalue weighted by atomic mass is 35.5. The third kappa shape index (κ3) is 2.93. The summed E-state index contributed by atoms with van der Waals surface area (Å²) in [6.45, 7) is 0.761. The van der Waals surface area contributed by atoms with Crippen LogP contribution in [0.2, 0.25) is 5.02 Å². The normalized spacial score (nSPS) is 12.7. The lowest BCUT2D eigenvalue weighted by Gasteiger charge is -2.26. The molecule has 0 aliphatic heterocycles. The lowest BCUT2D eigenvalue weighted by molar-refractivity contribution is 0.270.